The lowest BCUT2D eigenvalue weighted by molar-refractivity contribution is 0.244. The van der Waals surface area contributed by atoms with Crippen LogP contribution in [0.4, 0.5) is 0 Å². The molecule has 2 heterocycles. The van der Waals surface area contributed by atoms with E-state index in [1.807, 2.05) is 12.4 Å². The predicted molar refractivity (Wildman–Crippen MR) is 126 cm³/mol. The first kappa shape index (κ1) is 25.2. The average Bonchev–Trinajstić information content (AvgIpc) is 3.48. The first-order valence-corrected chi connectivity index (χ1v) is 12.5. The standard InChI is InChI=1S/C24H43N7/c1-2-3-4-5-6-7-8-9-10-11-12-13-14-15-16-17-18-31(21-23-19-25-29-27-23)22-24-20-26-30-28-24/h9-10,19-20H,2-8,11-18,21-22H2,1H3,(H,25,27,29)(H,26,28,30). The second kappa shape index (κ2) is 17.6. The monoisotopic (exact) mass is 429 g/mol. The van der Waals surface area contributed by atoms with Gasteiger partial charge in [-0.2, -0.15) is 0 Å². The molecule has 0 saturated carbocycles. The van der Waals surface area contributed by atoms with Gasteiger partial charge in [0, 0.05) is 25.5 Å². The summed E-state index contributed by atoms with van der Waals surface area (Å²) in [6.07, 6.45) is 27.2. The molecule has 2 aromatic heterocycles. The van der Waals surface area contributed by atoms with Gasteiger partial charge in [-0.15, -0.1) is 10.2 Å². The summed E-state index contributed by atoms with van der Waals surface area (Å²) in [7, 11) is 0. The molecule has 0 atom stereocenters. The molecular weight excluding hydrogens is 386 g/mol. The molecule has 0 unspecified atom stereocenters. The molecule has 0 radical (unpaired) electrons. The number of aromatic nitrogens is 6. The van der Waals surface area contributed by atoms with Crippen LogP contribution in [-0.2, 0) is 13.1 Å². The van der Waals surface area contributed by atoms with Crippen molar-refractivity contribution in [3.63, 3.8) is 0 Å². The number of hydrogen-bond donors (Lipinski definition) is 2. The van der Waals surface area contributed by atoms with E-state index < -0.39 is 0 Å². The van der Waals surface area contributed by atoms with Gasteiger partial charge in [-0.3, -0.25) is 15.1 Å². The first-order chi connectivity index (χ1) is 15.4. The maximum Gasteiger partial charge on any atom is 0.0964 e. The van der Waals surface area contributed by atoms with Crippen molar-refractivity contribution in [2.75, 3.05) is 6.54 Å². The molecule has 0 amide bonds. The zero-order chi connectivity index (χ0) is 21.8. The normalized spacial score (nSPS) is 11.8. The minimum absolute atomic E-state index is 0.786. The highest BCUT2D eigenvalue weighted by Crippen LogP contribution is 2.12. The van der Waals surface area contributed by atoms with E-state index in [9.17, 15) is 0 Å². The largest absolute Gasteiger partial charge is 0.291 e. The Morgan fingerprint density at radius 1 is 0.677 bits per heavy atom. The molecule has 2 N–H and O–H groups in total. The molecule has 2 rings (SSSR count). The van der Waals surface area contributed by atoms with Crippen molar-refractivity contribution in [1.82, 2.24) is 35.7 Å². The van der Waals surface area contributed by atoms with Crippen LogP contribution in [0.2, 0.25) is 0 Å². The fourth-order valence-corrected chi connectivity index (χ4v) is 3.86. The van der Waals surface area contributed by atoms with E-state index in [0.717, 1.165) is 31.0 Å². The molecule has 0 aliphatic heterocycles. The summed E-state index contributed by atoms with van der Waals surface area (Å²) in [5.74, 6) is 0. The van der Waals surface area contributed by atoms with Gasteiger partial charge in [0.1, 0.15) is 0 Å². The predicted octanol–water partition coefficient (Wildman–Crippen LogP) is 5.96. The lowest BCUT2D eigenvalue weighted by Gasteiger charge is -2.19. The van der Waals surface area contributed by atoms with Gasteiger partial charge in [0.15, 0.2) is 0 Å². The highest BCUT2D eigenvalue weighted by Gasteiger charge is 2.10. The molecule has 0 spiro atoms. The highest BCUT2D eigenvalue weighted by molar-refractivity contribution is 4.94. The van der Waals surface area contributed by atoms with Crippen molar-refractivity contribution in [3.05, 3.63) is 35.9 Å². The van der Waals surface area contributed by atoms with E-state index in [4.69, 9.17) is 0 Å². The number of nitrogens with zero attached hydrogens (tertiary/aromatic N) is 5. The Morgan fingerprint density at radius 2 is 1.16 bits per heavy atom. The molecule has 0 aromatic carbocycles. The van der Waals surface area contributed by atoms with Crippen LogP contribution < -0.4 is 0 Å². The lowest BCUT2D eigenvalue weighted by atomic mass is 10.1. The van der Waals surface area contributed by atoms with Gasteiger partial charge in [-0.25, -0.2) is 0 Å². The quantitative estimate of drug-likeness (QED) is 0.200. The van der Waals surface area contributed by atoms with E-state index >= 15 is 0 Å². The molecule has 0 aliphatic carbocycles. The minimum Gasteiger partial charge on any atom is -0.291 e. The van der Waals surface area contributed by atoms with E-state index in [1.165, 1.54) is 89.9 Å². The summed E-state index contributed by atoms with van der Waals surface area (Å²) in [6.45, 7) is 4.89. The van der Waals surface area contributed by atoms with Gasteiger partial charge < -0.3 is 0 Å². The Hall–Kier alpha value is -2.02. The second-order valence-corrected chi connectivity index (χ2v) is 8.58. The third-order valence-electron chi connectivity index (χ3n) is 5.69. The van der Waals surface area contributed by atoms with Crippen molar-refractivity contribution < 1.29 is 0 Å². The fourth-order valence-electron chi connectivity index (χ4n) is 3.86. The summed E-state index contributed by atoms with van der Waals surface area (Å²) in [4.78, 5) is 2.37. The van der Waals surface area contributed by atoms with Crippen molar-refractivity contribution in [1.29, 1.82) is 0 Å². The molecule has 7 nitrogen and oxygen atoms in total. The zero-order valence-corrected chi connectivity index (χ0v) is 19.6. The molecule has 2 aromatic rings. The third kappa shape index (κ3) is 13.1. The number of aromatic amines is 2. The van der Waals surface area contributed by atoms with Crippen LogP contribution in [-0.4, -0.2) is 42.3 Å². The van der Waals surface area contributed by atoms with Gasteiger partial charge in [-0.1, -0.05) is 87.3 Å². The van der Waals surface area contributed by atoms with Gasteiger partial charge in [-0.05, 0) is 38.6 Å². The SMILES string of the molecule is CCCCCCCCC=CCCCCCCCCN(Cc1c[nH]nn1)Cc1c[nH]nn1. The number of allylic oxidation sites excluding steroid dienone is 2. The van der Waals surface area contributed by atoms with Crippen molar-refractivity contribution in [2.24, 2.45) is 0 Å². The van der Waals surface area contributed by atoms with Gasteiger partial charge in [0.05, 0.1) is 11.4 Å². The van der Waals surface area contributed by atoms with Gasteiger partial charge in [0.25, 0.3) is 0 Å². The Balaban J connectivity index is 1.44. The summed E-state index contributed by atoms with van der Waals surface area (Å²) in [5, 5.41) is 21.4. The molecule has 7 heteroatoms. The Morgan fingerprint density at radius 3 is 1.65 bits per heavy atom. The van der Waals surface area contributed by atoms with Crippen molar-refractivity contribution in [3.8, 4) is 0 Å². The van der Waals surface area contributed by atoms with Crippen LogP contribution in [0.25, 0.3) is 0 Å². The summed E-state index contributed by atoms with van der Waals surface area (Å²) in [6, 6.07) is 0. The van der Waals surface area contributed by atoms with Crippen molar-refractivity contribution >= 4 is 0 Å². The Labute approximate surface area is 188 Å². The number of unbranched alkanes of at least 4 members (excludes halogenated alkanes) is 12. The topological polar surface area (TPSA) is 86.4 Å². The number of nitrogens with one attached hydrogen (secondary N) is 2. The highest BCUT2D eigenvalue weighted by atomic mass is 15.3. The Bertz CT molecular complexity index is 601. The van der Waals surface area contributed by atoms with Gasteiger partial charge in [0.2, 0.25) is 0 Å². The van der Waals surface area contributed by atoms with Crippen LogP contribution in [0, 0.1) is 0 Å². The summed E-state index contributed by atoms with van der Waals surface area (Å²) in [5.41, 5.74) is 1.93. The van der Waals surface area contributed by atoms with Crippen LogP contribution in [0.3, 0.4) is 0 Å². The maximum absolute atomic E-state index is 4.11. The Kier molecular flexibility index (Phi) is 14.4. The molecular formula is C24H43N7. The minimum atomic E-state index is 0.786. The summed E-state index contributed by atoms with van der Waals surface area (Å²) >= 11 is 0. The smallest absolute Gasteiger partial charge is 0.0964 e. The number of rotatable bonds is 20. The first-order valence-electron chi connectivity index (χ1n) is 12.5. The third-order valence-corrected chi connectivity index (χ3v) is 5.69. The van der Waals surface area contributed by atoms with E-state index in [0.29, 0.717) is 0 Å². The lowest BCUT2D eigenvalue weighted by Crippen LogP contribution is -2.24. The van der Waals surface area contributed by atoms with Gasteiger partial charge >= 0.3 is 0 Å². The molecule has 0 bridgehead atoms. The van der Waals surface area contributed by atoms with Crippen LogP contribution in [0.1, 0.15) is 108 Å². The second-order valence-electron chi connectivity index (χ2n) is 8.58. The molecule has 0 saturated heterocycles. The number of hydrogen-bond acceptors (Lipinski definition) is 5. The summed E-state index contributed by atoms with van der Waals surface area (Å²) < 4.78 is 0. The van der Waals surface area contributed by atoms with Crippen LogP contribution in [0.15, 0.2) is 24.5 Å². The van der Waals surface area contributed by atoms with E-state index in [1.54, 1.807) is 0 Å². The van der Waals surface area contributed by atoms with Crippen LogP contribution >= 0.6 is 0 Å². The number of H-pyrrole nitrogens is 2. The molecule has 174 valence electrons. The molecule has 0 fully saturated rings. The van der Waals surface area contributed by atoms with Crippen LogP contribution in [0.5, 0.6) is 0 Å². The zero-order valence-electron chi connectivity index (χ0n) is 19.6. The average molecular weight is 430 g/mol. The van der Waals surface area contributed by atoms with E-state index in [2.05, 4.69) is 54.8 Å². The van der Waals surface area contributed by atoms with E-state index in [-0.39, 0.29) is 0 Å². The van der Waals surface area contributed by atoms with Crippen molar-refractivity contribution in [2.45, 2.75) is 110 Å². The maximum atomic E-state index is 4.11. The fraction of sp³-hybridized carbons (Fsp3) is 0.750. The molecule has 31 heavy (non-hydrogen) atoms. The molecule has 0 aliphatic rings.